The molecule has 0 rings (SSSR count). The molecule has 0 aliphatic heterocycles. The van der Waals surface area contributed by atoms with Gasteiger partial charge in [-0.1, -0.05) is 154 Å². The van der Waals surface area contributed by atoms with Crippen LogP contribution in [-0.4, -0.2) is 81.6 Å². The van der Waals surface area contributed by atoms with Crippen LogP contribution in [0.3, 0.4) is 0 Å². The molecular formula is C50H78O14P2. The van der Waals surface area contributed by atoms with Gasteiger partial charge in [0, 0.05) is 12.8 Å². The van der Waals surface area contributed by atoms with Gasteiger partial charge >= 0.3 is 27.6 Å². The van der Waals surface area contributed by atoms with Crippen molar-refractivity contribution >= 4 is 27.6 Å². The molecule has 0 aromatic rings. The molecule has 5 N–H and O–H groups in total. The van der Waals surface area contributed by atoms with Gasteiger partial charge in [-0.25, -0.2) is 9.13 Å². The first-order valence-corrected chi connectivity index (χ1v) is 26.0. The number of esters is 2. The van der Waals surface area contributed by atoms with E-state index in [1.807, 2.05) is 54.7 Å². The standard InChI is InChI=1S/C50H78O14P2/c1-3-5-7-8-9-10-11-12-13-14-15-16-17-20-23-26-29-32-36-40-49(53)60-44-48(45-63-66(58,59)62-43-47(52)42-61-65(55,56)57)64-50(54)41-37-33-30-27-24-21-18-19-22-25-28-31-35-39-46(51)38-34-6-4-2/h5-7,9-10,12-13,15-16,19-24,28,30-31,33-35,39,46-48,51-52H,3-4,8,11,14,17-18,25-27,29,32,36-38,40-45H2,1-2H3,(H,58,59)(H2,55,56,57)/b7-5-,10-9-,13-12-,16-15-,22-19-,23-20-,24-21-,31-28+,33-30-,34-6-,39-35+/t46?,47-,48+/m0/s1. The fourth-order valence-corrected chi connectivity index (χ4v) is 6.34. The van der Waals surface area contributed by atoms with Crippen molar-refractivity contribution in [2.24, 2.45) is 0 Å². The van der Waals surface area contributed by atoms with Crippen LogP contribution >= 0.6 is 15.6 Å². The predicted octanol–water partition coefficient (Wildman–Crippen LogP) is 11.2. The van der Waals surface area contributed by atoms with Crippen LogP contribution < -0.4 is 0 Å². The van der Waals surface area contributed by atoms with Crippen LogP contribution in [0.2, 0.25) is 0 Å². The molecule has 0 spiro atoms. The summed E-state index contributed by atoms with van der Waals surface area (Å²) in [6.07, 6.45) is 53.5. The molecule has 0 heterocycles. The van der Waals surface area contributed by atoms with Gasteiger partial charge in [-0.15, -0.1) is 0 Å². The number of unbranched alkanes of at least 4 members (excludes halogenated alkanes) is 3. The Hall–Kier alpha value is -3.78. The van der Waals surface area contributed by atoms with E-state index in [0.717, 1.165) is 70.6 Å². The molecule has 0 aromatic carbocycles. The minimum atomic E-state index is -4.89. The molecule has 0 bridgehead atoms. The van der Waals surface area contributed by atoms with E-state index in [1.165, 1.54) is 0 Å². The summed E-state index contributed by atoms with van der Waals surface area (Å²) >= 11 is 0. The Morgan fingerprint density at radius 1 is 0.500 bits per heavy atom. The smallest absolute Gasteiger partial charge is 0.462 e. The Morgan fingerprint density at radius 2 is 0.985 bits per heavy atom. The Bertz CT molecular complexity index is 1680. The summed E-state index contributed by atoms with van der Waals surface area (Å²) in [5.41, 5.74) is 0. The highest BCUT2D eigenvalue weighted by molar-refractivity contribution is 7.47. The first-order chi connectivity index (χ1) is 31.8. The fraction of sp³-hybridized carbons (Fsp3) is 0.520. The third-order valence-corrected chi connectivity index (χ3v) is 10.1. The number of ether oxygens (including phenoxy) is 2. The van der Waals surface area contributed by atoms with Crippen LogP contribution in [-0.2, 0) is 41.8 Å². The highest BCUT2D eigenvalue weighted by atomic mass is 31.2. The quantitative estimate of drug-likeness (QED) is 0.0127. The van der Waals surface area contributed by atoms with Crippen molar-refractivity contribution in [3.05, 3.63) is 134 Å². The number of hydrogen-bond acceptors (Lipinski definition) is 11. The highest BCUT2D eigenvalue weighted by Gasteiger charge is 2.28. The van der Waals surface area contributed by atoms with Crippen LogP contribution in [0.25, 0.3) is 0 Å². The fourth-order valence-electron chi connectivity index (χ4n) is 5.19. The Labute approximate surface area is 394 Å². The molecule has 0 aromatic heterocycles. The normalized spacial score (nSPS) is 15.6. The van der Waals surface area contributed by atoms with E-state index >= 15 is 0 Å². The van der Waals surface area contributed by atoms with Crippen LogP contribution in [0.1, 0.15) is 123 Å². The SMILES string of the molecule is CC/C=C\C/C=C\C/C=C\C/C=C\C/C=C\CCCCCC(=O)OC[C@H](COP(=O)(O)OC[C@@H](O)COP(=O)(O)O)OC(=O)CC/C=C\C/C=C\C/C=C\C/C=C/C=C/C(O)C/C=C\CC. The summed E-state index contributed by atoms with van der Waals surface area (Å²) in [4.78, 5) is 52.8. The van der Waals surface area contributed by atoms with Gasteiger partial charge in [-0.2, -0.15) is 0 Å². The number of allylic oxidation sites excluding steroid dienone is 20. The number of phosphoric ester groups is 2. The molecule has 0 saturated heterocycles. The van der Waals surface area contributed by atoms with Gasteiger partial charge in [0.1, 0.15) is 12.7 Å². The van der Waals surface area contributed by atoms with Crippen LogP contribution in [0, 0.1) is 0 Å². The largest absolute Gasteiger partial charge is 0.472 e. The van der Waals surface area contributed by atoms with E-state index in [4.69, 9.17) is 23.8 Å². The molecular weight excluding hydrogens is 886 g/mol. The number of aliphatic hydroxyl groups is 2. The van der Waals surface area contributed by atoms with Crippen molar-refractivity contribution in [3.8, 4) is 0 Å². The van der Waals surface area contributed by atoms with E-state index in [9.17, 15) is 33.8 Å². The molecule has 14 nitrogen and oxygen atoms in total. The second-order valence-corrected chi connectivity index (χ2v) is 17.5. The molecule has 0 fully saturated rings. The van der Waals surface area contributed by atoms with Crippen molar-refractivity contribution in [2.75, 3.05) is 26.4 Å². The summed E-state index contributed by atoms with van der Waals surface area (Å²) in [5, 5.41) is 19.6. The van der Waals surface area contributed by atoms with Crippen molar-refractivity contribution < 1.29 is 66.7 Å². The highest BCUT2D eigenvalue weighted by Crippen LogP contribution is 2.43. The van der Waals surface area contributed by atoms with E-state index in [2.05, 4.69) is 95.8 Å². The lowest BCUT2D eigenvalue weighted by atomic mass is 10.1. The minimum absolute atomic E-state index is 0.0259. The monoisotopic (exact) mass is 964 g/mol. The summed E-state index contributed by atoms with van der Waals surface area (Å²) in [6, 6.07) is 0. The number of carbonyl (C=O) groups is 2. The maximum Gasteiger partial charge on any atom is 0.472 e. The zero-order chi connectivity index (χ0) is 48.8. The molecule has 0 saturated carbocycles. The molecule has 0 aliphatic carbocycles. The van der Waals surface area contributed by atoms with Crippen molar-refractivity contribution in [2.45, 2.75) is 141 Å². The number of hydrogen-bond donors (Lipinski definition) is 5. The summed E-state index contributed by atoms with van der Waals surface area (Å²) in [5.74, 6) is -1.20. The second kappa shape index (κ2) is 43.8. The van der Waals surface area contributed by atoms with E-state index in [0.29, 0.717) is 25.7 Å². The van der Waals surface area contributed by atoms with Crippen LogP contribution in [0.5, 0.6) is 0 Å². The number of rotatable bonds is 41. The number of carbonyl (C=O) groups excluding carboxylic acids is 2. The van der Waals surface area contributed by atoms with Gasteiger partial charge in [0.2, 0.25) is 0 Å². The zero-order valence-electron chi connectivity index (χ0n) is 39.1. The van der Waals surface area contributed by atoms with Gasteiger partial charge in [0.25, 0.3) is 0 Å². The summed E-state index contributed by atoms with van der Waals surface area (Å²) in [6.45, 7) is 1.28. The lowest BCUT2D eigenvalue weighted by Gasteiger charge is -2.20. The predicted molar refractivity (Wildman–Crippen MR) is 263 cm³/mol. The Morgan fingerprint density at radius 3 is 1.55 bits per heavy atom. The topological polar surface area (TPSA) is 216 Å². The molecule has 0 amide bonds. The number of phosphoric acid groups is 2. The molecule has 0 radical (unpaired) electrons. The average Bonchev–Trinajstić information content (AvgIpc) is 3.27. The first-order valence-electron chi connectivity index (χ1n) is 23.0. The van der Waals surface area contributed by atoms with Gasteiger partial charge in [-0.05, 0) is 89.9 Å². The first kappa shape index (κ1) is 62.2. The Balaban J connectivity index is 4.73. The molecule has 372 valence electrons. The van der Waals surface area contributed by atoms with Gasteiger partial charge in [-0.3, -0.25) is 23.2 Å². The van der Waals surface area contributed by atoms with E-state index in [1.54, 1.807) is 6.08 Å². The number of aliphatic hydroxyl groups excluding tert-OH is 2. The van der Waals surface area contributed by atoms with Crippen molar-refractivity contribution in [3.63, 3.8) is 0 Å². The van der Waals surface area contributed by atoms with E-state index in [-0.39, 0.29) is 12.8 Å². The second-order valence-electron chi connectivity index (χ2n) is 14.8. The Kier molecular flexibility index (Phi) is 41.3. The van der Waals surface area contributed by atoms with Crippen molar-refractivity contribution in [1.82, 2.24) is 0 Å². The molecule has 4 atom stereocenters. The lowest BCUT2D eigenvalue weighted by molar-refractivity contribution is -0.161. The van der Waals surface area contributed by atoms with Gasteiger partial charge in [0.05, 0.1) is 25.9 Å². The van der Waals surface area contributed by atoms with E-state index < -0.39 is 72.3 Å². The molecule has 16 heteroatoms. The van der Waals surface area contributed by atoms with Gasteiger partial charge < -0.3 is 34.4 Å². The summed E-state index contributed by atoms with van der Waals surface area (Å²) < 4.78 is 47.7. The average molecular weight is 965 g/mol. The maximum atomic E-state index is 12.7. The maximum absolute atomic E-state index is 12.7. The van der Waals surface area contributed by atoms with Crippen LogP contribution in [0.4, 0.5) is 0 Å². The zero-order valence-corrected chi connectivity index (χ0v) is 40.9. The molecule has 0 aliphatic rings. The molecule has 66 heavy (non-hydrogen) atoms. The third-order valence-electron chi connectivity index (χ3n) is 8.62. The lowest BCUT2D eigenvalue weighted by Crippen LogP contribution is -2.29. The van der Waals surface area contributed by atoms with Crippen LogP contribution in [0.15, 0.2) is 134 Å². The van der Waals surface area contributed by atoms with Gasteiger partial charge in [0.15, 0.2) is 6.10 Å². The summed E-state index contributed by atoms with van der Waals surface area (Å²) in [7, 11) is -9.75. The minimum Gasteiger partial charge on any atom is -0.462 e. The molecule has 2 unspecified atom stereocenters. The third kappa shape index (κ3) is 46.7. The van der Waals surface area contributed by atoms with Crippen molar-refractivity contribution in [1.29, 1.82) is 0 Å².